The number of aryl methyl sites for hydroxylation is 4. The summed E-state index contributed by atoms with van der Waals surface area (Å²) in [6, 6.07) is 61.9. The van der Waals surface area contributed by atoms with Crippen molar-refractivity contribution in [3.05, 3.63) is 286 Å². The third kappa shape index (κ3) is 16.7. The molecule has 7 heteroatoms. The zero-order valence-electron chi connectivity index (χ0n) is 41.4. The van der Waals surface area contributed by atoms with E-state index in [1.807, 2.05) is 85.5 Å². The molecular weight excluding hydrogens is 978 g/mol. The van der Waals surface area contributed by atoms with E-state index in [-0.39, 0.29) is 19.5 Å². The summed E-state index contributed by atoms with van der Waals surface area (Å²) >= 11 is 0. The van der Waals surface area contributed by atoms with Gasteiger partial charge in [-0.2, -0.15) is 0 Å². The molecule has 0 fully saturated rings. The van der Waals surface area contributed by atoms with Crippen LogP contribution in [0, 0.1) is 27.7 Å². The minimum absolute atomic E-state index is 0. The van der Waals surface area contributed by atoms with Gasteiger partial charge in [-0.3, -0.25) is 29.9 Å². The Balaban J connectivity index is 0.000000173. The van der Waals surface area contributed by atoms with Crippen LogP contribution in [-0.2, 0) is 19.5 Å². The van der Waals surface area contributed by atoms with Crippen LogP contribution in [0.3, 0.4) is 0 Å². The first kappa shape index (κ1) is 52.2. The van der Waals surface area contributed by atoms with Crippen molar-refractivity contribution >= 4 is 48.6 Å². The summed E-state index contributed by atoms with van der Waals surface area (Å²) in [6.07, 6.45) is 27.8. The normalized spacial score (nSPS) is 11.0. The summed E-state index contributed by atoms with van der Waals surface area (Å²) in [5.74, 6) is 0. The van der Waals surface area contributed by atoms with Gasteiger partial charge in [0, 0.05) is 56.7 Å². The number of hydrogen-bond donors (Lipinski definition) is 0. The fourth-order valence-corrected chi connectivity index (χ4v) is 7.27. The van der Waals surface area contributed by atoms with E-state index < -0.39 is 0 Å². The molecule has 4 aromatic carbocycles. The molecule has 10 aromatic rings. The largest absolute Gasteiger partial charge is 0.255 e. The van der Waals surface area contributed by atoms with Crippen LogP contribution in [0.4, 0.5) is 0 Å². The third-order valence-electron chi connectivity index (χ3n) is 11.4. The molecular formula is C66H56N6Ru. The van der Waals surface area contributed by atoms with Gasteiger partial charge < -0.3 is 0 Å². The fourth-order valence-electron chi connectivity index (χ4n) is 7.27. The van der Waals surface area contributed by atoms with Gasteiger partial charge in [0.1, 0.15) is 0 Å². The molecule has 0 spiro atoms. The first-order valence-corrected chi connectivity index (χ1v) is 23.9. The van der Waals surface area contributed by atoms with E-state index in [4.69, 9.17) is 0 Å². The smallest absolute Gasteiger partial charge is 0.0892 e. The Labute approximate surface area is 443 Å². The van der Waals surface area contributed by atoms with E-state index in [2.05, 4.69) is 228 Å². The van der Waals surface area contributed by atoms with E-state index in [1.165, 1.54) is 44.5 Å². The summed E-state index contributed by atoms with van der Waals surface area (Å²) in [7, 11) is 0. The second-order valence-electron chi connectivity index (χ2n) is 17.3. The fraction of sp³-hybridized carbons (Fsp3) is 0.0606. The molecule has 73 heavy (non-hydrogen) atoms. The maximum absolute atomic E-state index is 4.52. The minimum atomic E-state index is 0. The Bertz CT molecular complexity index is 2980. The molecule has 0 aliphatic rings. The van der Waals surface area contributed by atoms with Gasteiger partial charge in [0.25, 0.3) is 0 Å². The molecule has 358 valence electrons. The average molecular weight is 1030 g/mol. The summed E-state index contributed by atoms with van der Waals surface area (Å²) in [5, 5.41) is 0. The van der Waals surface area contributed by atoms with Crippen LogP contribution in [0.15, 0.2) is 219 Å². The summed E-state index contributed by atoms with van der Waals surface area (Å²) < 4.78 is 0. The Morgan fingerprint density at radius 3 is 0.658 bits per heavy atom. The van der Waals surface area contributed by atoms with Gasteiger partial charge in [0.15, 0.2) is 0 Å². The van der Waals surface area contributed by atoms with Crippen LogP contribution >= 0.6 is 0 Å². The summed E-state index contributed by atoms with van der Waals surface area (Å²) in [6.45, 7) is 8.39. The molecule has 0 atom stereocenters. The van der Waals surface area contributed by atoms with Gasteiger partial charge >= 0.3 is 0 Å². The molecule has 0 saturated heterocycles. The van der Waals surface area contributed by atoms with Gasteiger partial charge in [0.05, 0.1) is 34.2 Å². The summed E-state index contributed by atoms with van der Waals surface area (Å²) in [5.41, 5.74) is 19.5. The number of pyridine rings is 6. The van der Waals surface area contributed by atoms with Gasteiger partial charge in [-0.1, -0.05) is 180 Å². The van der Waals surface area contributed by atoms with E-state index in [1.54, 1.807) is 12.4 Å². The molecule has 0 unspecified atom stereocenters. The number of nitrogens with zero attached hydrogens (tertiary/aromatic N) is 6. The van der Waals surface area contributed by atoms with E-state index in [9.17, 15) is 0 Å². The number of hydrogen-bond acceptors (Lipinski definition) is 6. The van der Waals surface area contributed by atoms with E-state index in [0.717, 1.165) is 56.4 Å². The molecule has 0 radical (unpaired) electrons. The third-order valence-corrected chi connectivity index (χ3v) is 11.4. The van der Waals surface area contributed by atoms with Crippen molar-refractivity contribution in [1.29, 1.82) is 0 Å². The first-order valence-electron chi connectivity index (χ1n) is 23.9. The second kappa shape index (κ2) is 27.1. The molecule has 0 bridgehead atoms. The maximum atomic E-state index is 4.52. The zero-order valence-corrected chi connectivity index (χ0v) is 43.2. The Hall–Kier alpha value is -8.64. The van der Waals surface area contributed by atoms with Crippen LogP contribution in [0.25, 0.3) is 82.8 Å². The standard InChI is InChI=1S/2C28H24N2.C10H8N2.Ru/c2*1-21-3-7-23(8-4-21)11-13-25-15-17-29-27(19-25)28-20-26(16-18-30-28)14-12-24-9-5-22(2)6-10-24;1-3-7-11-9(5-1)10-6-2-4-8-12-10;/h2*3-20H,1-2H3;1-8H;/b2*13-11+,14-12+;;. The Morgan fingerprint density at radius 1 is 0.219 bits per heavy atom. The van der Waals surface area contributed by atoms with Crippen molar-refractivity contribution in [1.82, 2.24) is 29.9 Å². The van der Waals surface area contributed by atoms with Gasteiger partial charge in [-0.15, -0.1) is 0 Å². The predicted octanol–water partition coefficient (Wildman–Crippen LogP) is 16.3. The monoisotopic (exact) mass is 1030 g/mol. The van der Waals surface area contributed by atoms with Gasteiger partial charge in [-0.05, 0) is 145 Å². The van der Waals surface area contributed by atoms with Crippen LogP contribution in [0.1, 0.15) is 66.8 Å². The van der Waals surface area contributed by atoms with Crippen molar-refractivity contribution in [2.75, 3.05) is 0 Å². The van der Waals surface area contributed by atoms with E-state index in [0.29, 0.717) is 0 Å². The van der Waals surface area contributed by atoms with Crippen molar-refractivity contribution in [3.63, 3.8) is 0 Å². The van der Waals surface area contributed by atoms with Crippen LogP contribution in [0.2, 0.25) is 0 Å². The maximum Gasteiger partial charge on any atom is 0.0892 e. The average Bonchev–Trinajstić information content (AvgIpc) is 3.43. The SMILES string of the molecule is Cc1ccc(/C=C/c2ccnc(-c3cc(/C=C/c4ccc(C)cc4)ccn3)c2)cc1.Cc1ccc(/C=C/c2ccnc(-c3cc(/C=C/c4ccc(C)cc4)ccn3)c2)cc1.[Ru].c1ccc(-c2ccccn2)nc1. The van der Waals surface area contributed by atoms with Gasteiger partial charge in [0.2, 0.25) is 0 Å². The molecule has 0 aliphatic carbocycles. The topological polar surface area (TPSA) is 77.3 Å². The second-order valence-corrected chi connectivity index (χ2v) is 17.3. The molecule has 0 N–H and O–H groups in total. The zero-order chi connectivity index (χ0) is 49.7. The molecule has 6 heterocycles. The molecule has 0 aliphatic heterocycles. The van der Waals surface area contributed by atoms with Crippen LogP contribution in [0.5, 0.6) is 0 Å². The quantitative estimate of drug-likeness (QED) is 0.120. The van der Waals surface area contributed by atoms with Crippen LogP contribution in [-0.4, -0.2) is 29.9 Å². The van der Waals surface area contributed by atoms with Crippen molar-refractivity contribution in [2.24, 2.45) is 0 Å². The van der Waals surface area contributed by atoms with Crippen molar-refractivity contribution < 1.29 is 19.5 Å². The van der Waals surface area contributed by atoms with Crippen molar-refractivity contribution in [2.45, 2.75) is 27.7 Å². The van der Waals surface area contributed by atoms with Gasteiger partial charge in [-0.25, -0.2) is 0 Å². The Morgan fingerprint density at radius 2 is 0.438 bits per heavy atom. The number of rotatable bonds is 11. The molecule has 6 nitrogen and oxygen atoms in total. The molecule has 0 amide bonds. The number of aromatic nitrogens is 6. The van der Waals surface area contributed by atoms with Crippen molar-refractivity contribution in [3.8, 4) is 34.2 Å². The Kier molecular flexibility index (Phi) is 19.4. The molecule has 10 rings (SSSR count). The molecule has 0 saturated carbocycles. The predicted molar refractivity (Wildman–Crippen MR) is 303 cm³/mol. The first-order chi connectivity index (χ1) is 35.3. The minimum Gasteiger partial charge on any atom is -0.255 e. The summed E-state index contributed by atoms with van der Waals surface area (Å²) in [4.78, 5) is 26.5. The number of benzene rings is 4. The van der Waals surface area contributed by atoms with E-state index >= 15 is 0 Å². The van der Waals surface area contributed by atoms with Crippen LogP contribution < -0.4 is 0 Å². The molecule has 6 aromatic heterocycles.